The Bertz CT molecular complexity index is 1830. The summed E-state index contributed by atoms with van der Waals surface area (Å²) < 4.78 is 5.50. The molecule has 2 aromatic heterocycles. The van der Waals surface area contributed by atoms with Gasteiger partial charge in [-0.1, -0.05) is 74.5 Å². The van der Waals surface area contributed by atoms with Crippen molar-refractivity contribution in [2.75, 3.05) is 20.6 Å². The second kappa shape index (κ2) is 22.6. The van der Waals surface area contributed by atoms with E-state index in [1.165, 1.54) is 23.3 Å². The molecule has 0 aliphatic heterocycles. The van der Waals surface area contributed by atoms with Crippen molar-refractivity contribution in [3.63, 3.8) is 0 Å². The second-order valence-corrected chi connectivity index (χ2v) is 15.1. The van der Waals surface area contributed by atoms with Crippen LogP contribution in [0.2, 0.25) is 0 Å². The molecule has 5 N–H and O–H groups in total. The number of amides is 4. The van der Waals surface area contributed by atoms with Gasteiger partial charge in [0, 0.05) is 50.2 Å². The van der Waals surface area contributed by atoms with Crippen LogP contribution in [0, 0.1) is 11.5 Å². The van der Waals surface area contributed by atoms with E-state index in [0.29, 0.717) is 25.7 Å². The minimum atomic E-state index is -0.928. The largest absolute Gasteiger partial charge is 0.444 e. The highest BCUT2D eigenvalue weighted by atomic mass is 32.1. The van der Waals surface area contributed by atoms with E-state index < -0.39 is 18.2 Å². The van der Waals surface area contributed by atoms with E-state index in [0.717, 1.165) is 26.7 Å². The molecule has 0 bridgehead atoms. The van der Waals surface area contributed by atoms with E-state index in [-0.39, 0.29) is 56.0 Å². The van der Waals surface area contributed by atoms with E-state index in [1.807, 2.05) is 72.2 Å². The average molecular weight is 787 g/mol. The van der Waals surface area contributed by atoms with Crippen molar-refractivity contribution < 1.29 is 19.1 Å². The van der Waals surface area contributed by atoms with Crippen LogP contribution in [-0.2, 0) is 35.5 Å². The first-order valence-electron chi connectivity index (χ1n) is 18.1. The molecular formula is C39H50N10O4S2. The molecule has 0 unspecified atom stereocenters. The van der Waals surface area contributed by atoms with Gasteiger partial charge in [-0.25, -0.2) is 14.6 Å². The number of aliphatic imine (C=N–C) groups is 1. The van der Waals surface area contributed by atoms with Crippen LogP contribution in [-0.4, -0.2) is 77.6 Å². The molecule has 14 nitrogen and oxygen atoms in total. The maximum atomic E-state index is 14.1. The highest BCUT2D eigenvalue weighted by molar-refractivity contribution is 7.09. The molecule has 0 spiro atoms. The quantitative estimate of drug-likeness (QED) is 0.0364. The number of rotatable bonds is 19. The molecule has 4 aromatic rings. The molecule has 2 heterocycles. The summed E-state index contributed by atoms with van der Waals surface area (Å²) in [5, 5.41) is 26.6. The molecule has 16 heteroatoms. The standard InChI is InChI=1S/C39H50N10O4S2/c1-27(2)36-46-32(24-54-36)22-49(4)38(51)48-34(17-18-43-37(41-3)44-25-40)35(50)45-30(19-28-11-7-5-8-12-28)15-16-31(20-29-13-9-6-10-14-29)47-39(52)53-23-33-21-42-26-55-33/h5-14,21,24,26-27,30-31,34H,15-20,22-23H2,1-4H3,(H,45,50)(H,47,52)(H,48,51)(H2,41,43,44)/t30-,31-,34+/m1/s1. The summed E-state index contributed by atoms with van der Waals surface area (Å²) in [7, 11) is 3.20. The van der Waals surface area contributed by atoms with Crippen LogP contribution in [0.4, 0.5) is 9.59 Å². The van der Waals surface area contributed by atoms with E-state index in [2.05, 4.69) is 55.4 Å². The highest BCUT2D eigenvalue weighted by Gasteiger charge is 2.26. The topological polar surface area (TPSA) is 186 Å². The maximum absolute atomic E-state index is 14.1. The Morgan fingerprint density at radius 3 is 2.15 bits per heavy atom. The van der Waals surface area contributed by atoms with Crippen molar-refractivity contribution in [3.8, 4) is 6.19 Å². The number of hydrogen-bond donors (Lipinski definition) is 5. The summed E-state index contributed by atoms with van der Waals surface area (Å²) in [6.45, 7) is 4.78. The van der Waals surface area contributed by atoms with Gasteiger partial charge < -0.3 is 30.9 Å². The van der Waals surface area contributed by atoms with Crippen molar-refractivity contribution in [3.05, 3.63) is 104 Å². The molecule has 0 fully saturated rings. The maximum Gasteiger partial charge on any atom is 0.407 e. The van der Waals surface area contributed by atoms with Crippen molar-refractivity contribution in [1.29, 1.82) is 5.26 Å². The number of thiazole rings is 2. The van der Waals surface area contributed by atoms with E-state index in [1.54, 1.807) is 30.1 Å². The number of benzene rings is 2. The number of nitrogens with one attached hydrogen (secondary N) is 5. The molecule has 4 rings (SSSR count). The Morgan fingerprint density at radius 2 is 1.58 bits per heavy atom. The number of nitrogens with zero attached hydrogens (tertiary/aromatic N) is 5. The lowest BCUT2D eigenvalue weighted by atomic mass is 9.95. The number of urea groups is 1. The summed E-state index contributed by atoms with van der Waals surface area (Å²) in [4.78, 5) is 55.6. The van der Waals surface area contributed by atoms with Crippen LogP contribution in [0.3, 0.4) is 0 Å². The fraction of sp³-hybridized carbons (Fsp3) is 0.410. The van der Waals surface area contributed by atoms with Gasteiger partial charge in [-0.3, -0.25) is 20.1 Å². The Kier molecular flexibility index (Phi) is 17.4. The molecule has 0 aliphatic rings. The molecule has 2 aromatic carbocycles. The molecule has 3 atom stereocenters. The van der Waals surface area contributed by atoms with Gasteiger partial charge in [0.2, 0.25) is 11.9 Å². The Hall–Kier alpha value is -5.53. The van der Waals surface area contributed by atoms with Crippen molar-refractivity contribution in [2.45, 2.75) is 83.1 Å². The third-order valence-corrected chi connectivity index (χ3v) is 10.5. The second-order valence-electron chi connectivity index (χ2n) is 13.3. The predicted octanol–water partition coefficient (Wildman–Crippen LogP) is 5.31. The number of nitriles is 1. The zero-order valence-corrected chi connectivity index (χ0v) is 33.3. The number of hydrogen-bond acceptors (Lipinski definition) is 10. The first-order valence-corrected chi connectivity index (χ1v) is 19.9. The smallest absolute Gasteiger partial charge is 0.407 e. The summed E-state index contributed by atoms with van der Waals surface area (Å²) in [6, 6.07) is 17.7. The zero-order chi connectivity index (χ0) is 39.4. The molecule has 4 amide bonds. The first kappa shape index (κ1) is 42.2. The van der Waals surface area contributed by atoms with Crippen LogP contribution in [0.15, 0.2) is 82.7 Å². The number of alkyl carbamates (subject to hydrolysis) is 1. The summed E-state index contributed by atoms with van der Waals surface area (Å²) in [6.07, 6.45) is 5.32. The average Bonchev–Trinajstić information content (AvgIpc) is 3.89. The Balaban J connectivity index is 1.49. The number of guanidine groups is 1. The van der Waals surface area contributed by atoms with Crippen molar-refractivity contribution >= 4 is 46.7 Å². The highest BCUT2D eigenvalue weighted by Crippen LogP contribution is 2.20. The third-order valence-electron chi connectivity index (χ3n) is 8.56. The normalized spacial score (nSPS) is 12.8. The lowest BCUT2D eigenvalue weighted by Gasteiger charge is -2.27. The van der Waals surface area contributed by atoms with Gasteiger partial charge in [0.25, 0.3) is 0 Å². The van der Waals surface area contributed by atoms with Crippen LogP contribution in [0.1, 0.15) is 65.7 Å². The summed E-state index contributed by atoms with van der Waals surface area (Å²) in [5.41, 5.74) is 4.54. The zero-order valence-electron chi connectivity index (χ0n) is 31.7. The minimum absolute atomic E-state index is 0.124. The number of ether oxygens (including phenoxy) is 1. The predicted molar refractivity (Wildman–Crippen MR) is 215 cm³/mol. The Morgan fingerprint density at radius 1 is 0.927 bits per heavy atom. The first-order chi connectivity index (χ1) is 26.6. The van der Waals surface area contributed by atoms with Gasteiger partial charge in [0.1, 0.15) is 12.6 Å². The molecule has 0 saturated carbocycles. The van der Waals surface area contributed by atoms with Crippen LogP contribution < -0.4 is 26.6 Å². The van der Waals surface area contributed by atoms with Gasteiger partial charge in [-0.15, -0.1) is 22.7 Å². The van der Waals surface area contributed by atoms with Gasteiger partial charge in [-0.2, -0.15) is 5.26 Å². The van der Waals surface area contributed by atoms with Crippen molar-refractivity contribution in [1.82, 2.24) is 41.5 Å². The lowest BCUT2D eigenvalue weighted by molar-refractivity contribution is -0.123. The number of aromatic nitrogens is 2. The minimum Gasteiger partial charge on any atom is -0.444 e. The summed E-state index contributed by atoms with van der Waals surface area (Å²) >= 11 is 2.97. The lowest BCUT2D eigenvalue weighted by Crippen LogP contribution is -2.53. The van der Waals surface area contributed by atoms with E-state index >= 15 is 0 Å². The van der Waals surface area contributed by atoms with Crippen LogP contribution >= 0.6 is 22.7 Å². The molecule has 0 radical (unpaired) electrons. The van der Waals surface area contributed by atoms with Crippen molar-refractivity contribution in [2.24, 2.45) is 4.99 Å². The number of carbonyl (C=O) groups is 3. The number of carbonyl (C=O) groups excluding carboxylic acids is 3. The monoisotopic (exact) mass is 786 g/mol. The Labute approximate surface area is 330 Å². The molecule has 0 aliphatic carbocycles. The van der Waals surface area contributed by atoms with E-state index in [4.69, 9.17) is 10.00 Å². The molecule has 55 heavy (non-hydrogen) atoms. The van der Waals surface area contributed by atoms with Gasteiger partial charge in [0.15, 0.2) is 6.19 Å². The molecular weight excluding hydrogens is 737 g/mol. The summed E-state index contributed by atoms with van der Waals surface area (Å²) in [5.74, 6) is 0.167. The van der Waals surface area contributed by atoms with Crippen LogP contribution in [0.5, 0.6) is 0 Å². The third kappa shape index (κ3) is 15.0. The SMILES string of the molecule is CN=C(NC#N)NCC[C@H](NC(=O)N(C)Cc1csc(C(C)C)n1)C(=O)N[C@H](CC[C@H](Cc1ccccc1)NC(=O)OCc1cncs1)Cc1ccccc1. The van der Waals surface area contributed by atoms with E-state index in [9.17, 15) is 14.4 Å². The fourth-order valence-electron chi connectivity index (χ4n) is 5.68. The molecule has 292 valence electrons. The fourth-order valence-corrected chi connectivity index (χ4v) is 7.01. The van der Waals surface area contributed by atoms with Gasteiger partial charge >= 0.3 is 12.1 Å². The molecule has 0 saturated heterocycles. The van der Waals surface area contributed by atoms with Crippen LogP contribution in [0.25, 0.3) is 0 Å². The van der Waals surface area contributed by atoms with Gasteiger partial charge in [0.05, 0.1) is 27.6 Å². The van der Waals surface area contributed by atoms with Gasteiger partial charge in [-0.05, 0) is 43.2 Å².